The van der Waals surface area contributed by atoms with Gasteiger partial charge in [0.15, 0.2) is 5.17 Å². The summed E-state index contributed by atoms with van der Waals surface area (Å²) in [6.07, 6.45) is -0.0842. The number of amides is 2. The zero-order chi connectivity index (χ0) is 20.3. The molecule has 1 fully saturated rings. The van der Waals surface area contributed by atoms with Gasteiger partial charge in [-0.2, -0.15) is 0 Å². The Labute approximate surface area is 163 Å². The number of nitrogens with one attached hydrogen (secondary N) is 1. The van der Waals surface area contributed by atoms with Crippen molar-refractivity contribution in [3.05, 3.63) is 64.5 Å². The third-order valence-corrected chi connectivity index (χ3v) is 5.13. The maximum atomic E-state index is 12.9. The van der Waals surface area contributed by atoms with Crippen LogP contribution in [-0.2, 0) is 9.59 Å². The molecule has 8 nitrogen and oxygen atoms in total. The number of nitrogens with zero attached hydrogens (tertiary/aromatic N) is 3. The number of halogens is 1. The van der Waals surface area contributed by atoms with Gasteiger partial charge in [-0.25, -0.2) is 9.38 Å². The van der Waals surface area contributed by atoms with Crippen LogP contribution in [0, 0.1) is 15.9 Å². The van der Waals surface area contributed by atoms with Crippen LogP contribution in [-0.4, -0.2) is 39.1 Å². The van der Waals surface area contributed by atoms with Crippen molar-refractivity contribution in [1.82, 2.24) is 4.90 Å². The van der Waals surface area contributed by atoms with E-state index in [0.29, 0.717) is 16.5 Å². The van der Waals surface area contributed by atoms with Gasteiger partial charge >= 0.3 is 0 Å². The third-order valence-electron chi connectivity index (χ3n) is 3.90. The second-order valence-electron chi connectivity index (χ2n) is 5.93. The molecule has 0 spiro atoms. The van der Waals surface area contributed by atoms with E-state index in [1.165, 1.54) is 54.4 Å². The van der Waals surface area contributed by atoms with Crippen LogP contribution < -0.4 is 5.32 Å². The second-order valence-corrected chi connectivity index (χ2v) is 7.10. The SMILES string of the molecule is CN1C(=O)C(CC(=O)Nc2ccc(F)cc2)SC1=Nc1cccc([N+](=O)[O-])c1. The average molecular weight is 402 g/mol. The highest BCUT2D eigenvalue weighted by Gasteiger charge is 2.37. The molecule has 3 rings (SSSR count). The minimum Gasteiger partial charge on any atom is -0.326 e. The fraction of sp³-hybridized carbons (Fsp3) is 0.167. The first-order valence-electron chi connectivity index (χ1n) is 8.16. The fourth-order valence-corrected chi connectivity index (χ4v) is 3.65. The van der Waals surface area contributed by atoms with E-state index in [0.717, 1.165) is 11.8 Å². The second kappa shape index (κ2) is 8.17. The number of benzene rings is 2. The van der Waals surface area contributed by atoms with E-state index >= 15 is 0 Å². The average Bonchev–Trinajstić information content (AvgIpc) is 2.91. The van der Waals surface area contributed by atoms with Crippen molar-refractivity contribution < 1.29 is 18.9 Å². The number of rotatable bonds is 5. The fourth-order valence-electron chi connectivity index (χ4n) is 2.50. The molecule has 1 heterocycles. The van der Waals surface area contributed by atoms with Crippen LogP contribution in [0.2, 0.25) is 0 Å². The zero-order valence-electron chi connectivity index (χ0n) is 14.7. The molecule has 0 aromatic heterocycles. The lowest BCUT2D eigenvalue weighted by molar-refractivity contribution is -0.384. The van der Waals surface area contributed by atoms with Gasteiger partial charge in [0.1, 0.15) is 11.1 Å². The number of hydrogen-bond acceptors (Lipinski definition) is 6. The number of nitro benzene ring substituents is 1. The van der Waals surface area contributed by atoms with Gasteiger partial charge in [-0.15, -0.1) is 0 Å². The largest absolute Gasteiger partial charge is 0.326 e. The van der Waals surface area contributed by atoms with Crippen molar-refractivity contribution in [3.8, 4) is 0 Å². The Morgan fingerprint density at radius 2 is 2.04 bits per heavy atom. The van der Waals surface area contributed by atoms with Gasteiger partial charge in [-0.1, -0.05) is 17.8 Å². The van der Waals surface area contributed by atoms with E-state index in [-0.39, 0.29) is 23.9 Å². The molecule has 1 aliphatic rings. The minimum absolute atomic E-state index is 0.0842. The van der Waals surface area contributed by atoms with Gasteiger partial charge in [0.25, 0.3) is 5.69 Å². The molecular weight excluding hydrogens is 387 g/mol. The number of amidine groups is 1. The summed E-state index contributed by atoms with van der Waals surface area (Å²) in [6, 6.07) is 11.1. The minimum atomic E-state index is -0.664. The van der Waals surface area contributed by atoms with E-state index in [4.69, 9.17) is 0 Å². The molecule has 2 aromatic rings. The number of thioether (sulfide) groups is 1. The molecule has 1 saturated heterocycles. The molecule has 10 heteroatoms. The van der Waals surface area contributed by atoms with Crippen LogP contribution in [0.3, 0.4) is 0 Å². The summed E-state index contributed by atoms with van der Waals surface area (Å²) < 4.78 is 12.9. The van der Waals surface area contributed by atoms with Crippen LogP contribution in [0.25, 0.3) is 0 Å². The Bertz CT molecular complexity index is 964. The highest BCUT2D eigenvalue weighted by atomic mass is 32.2. The summed E-state index contributed by atoms with van der Waals surface area (Å²) in [6.45, 7) is 0. The lowest BCUT2D eigenvalue weighted by Gasteiger charge is -2.09. The first-order chi connectivity index (χ1) is 13.3. The van der Waals surface area contributed by atoms with E-state index in [2.05, 4.69) is 10.3 Å². The number of hydrogen-bond donors (Lipinski definition) is 1. The van der Waals surface area contributed by atoms with E-state index in [1.807, 2.05) is 0 Å². The van der Waals surface area contributed by atoms with E-state index < -0.39 is 16.0 Å². The molecule has 144 valence electrons. The summed E-state index contributed by atoms with van der Waals surface area (Å²) in [5, 5.41) is 13.2. The molecule has 0 radical (unpaired) electrons. The predicted octanol–water partition coefficient (Wildman–Crippen LogP) is 3.32. The molecular formula is C18H15FN4O4S. The van der Waals surface area contributed by atoms with Gasteiger partial charge in [0.2, 0.25) is 11.8 Å². The number of anilines is 1. The zero-order valence-corrected chi connectivity index (χ0v) is 15.5. The molecule has 2 aromatic carbocycles. The Kier molecular flexibility index (Phi) is 5.69. The summed E-state index contributed by atoms with van der Waals surface area (Å²) in [5.74, 6) is -1.09. The molecule has 2 amide bonds. The smallest absolute Gasteiger partial charge is 0.271 e. The summed E-state index contributed by atoms with van der Waals surface area (Å²) in [5.41, 5.74) is 0.669. The number of nitro groups is 1. The standard InChI is InChI=1S/C18H15FN4O4S/c1-22-17(25)15(10-16(24)20-12-7-5-11(19)6-8-12)28-18(22)21-13-3-2-4-14(9-13)23(26)27/h2-9,15H,10H2,1H3,(H,20,24). The van der Waals surface area contributed by atoms with Gasteiger partial charge in [0, 0.05) is 31.3 Å². The Morgan fingerprint density at radius 1 is 1.32 bits per heavy atom. The third kappa shape index (κ3) is 4.52. The molecule has 28 heavy (non-hydrogen) atoms. The Morgan fingerprint density at radius 3 is 2.71 bits per heavy atom. The van der Waals surface area contributed by atoms with Crippen LogP contribution >= 0.6 is 11.8 Å². The van der Waals surface area contributed by atoms with Crippen molar-refractivity contribution in [2.75, 3.05) is 12.4 Å². The highest BCUT2D eigenvalue weighted by molar-refractivity contribution is 8.15. The summed E-state index contributed by atoms with van der Waals surface area (Å²) >= 11 is 1.11. The molecule has 1 unspecified atom stereocenters. The highest BCUT2D eigenvalue weighted by Crippen LogP contribution is 2.31. The summed E-state index contributed by atoms with van der Waals surface area (Å²) in [7, 11) is 1.53. The Balaban J connectivity index is 1.69. The molecule has 0 saturated carbocycles. The van der Waals surface area contributed by atoms with E-state index in [9.17, 15) is 24.1 Å². The van der Waals surface area contributed by atoms with Crippen molar-refractivity contribution in [3.63, 3.8) is 0 Å². The van der Waals surface area contributed by atoms with Gasteiger partial charge in [-0.3, -0.25) is 24.6 Å². The predicted molar refractivity (Wildman–Crippen MR) is 104 cm³/mol. The molecule has 0 aliphatic carbocycles. The van der Waals surface area contributed by atoms with E-state index in [1.54, 1.807) is 6.07 Å². The first-order valence-corrected chi connectivity index (χ1v) is 9.04. The Hall–Kier alpha value is -3.27. The maximum absolute atomic E-state index is 12.9. The van der Waals surface area contributed by atoms with Gasteiger partial charge < -0.3 is 5.32 Å². The quantitative estimate of drug-likeness (QED) is 0.610. The molecule has 1 N–H and O–H groups in total. The first kappa shape index (κ1) is 19.5. The van der Waals surface area contributed by atoms with Crippen molar-refractivity contribution in [1.29, 1.82) is 0 Å². The van der Waals surface area contributed by atoms with Gasteiger partial charge in [-0.05, 0) is 30.3 Å². The van der Waals surface area contributed by atoms with Crippen molar-refractivity contribution in [2.45, 2.75) is 11.7 Å². The van der Waals surface area contributed by atoms with Crippen molar-refractivity contribution >= 4 is 45.8 Å². The maximum Gasteiger partial charge on any atom is 0.271 e. The van der Waals surface area contributed by atoms with Gasteiger partial charge in [0.05, 0.1) is 10.6 Å². The van der Waals surface area contributed by atoms with Crippen LogP contribution in [0.5, 0.6) is 0 Å². The van der Waals surface area contributed by atoms with Crippen LogP contribution in [0.1, 0.15) is 6.42 Å². The lowest BCUT2D eigenvalue weighted by atomic mass is 10.2. The number of carbonyl (C=O) groups is 2. The monoisotopic (exact) mass is 402 g/mol. The van der Waals surface area contributed by atoms with Crippen LogP contribution in [0.15, 0.2) is 53.5 Å². The number of carbonyl (C=O) groups excluding carboxylic acids is 2. The normalized spacial score (nSPS) is 17.8. The molecule has 1 atom stereocenters. The lowest BCUT2D eigenvalue weighted by Crippen LogP contribution is -2.30. The summed E-state index contributed by atoms with van der Waals surface area (Å²) in [4.78, 5) is 40.5. The number of aliphatic imine (C=N–C) groups is 1. The topological polar surface area (TPSA) is 105 Å². The van der Waals surface area contributed by atoms with Crippen molar-refractivity contribution in [2.24, 2.45) is 4.99 Å². The molecule has 0 bridgehead atoms. The van der Waals surface area contributed by atoms with Crippen LogP contribution in [0.4, 0.5) is 21.5 Å². The molecule has 1 aliphatic heterocycles. The number of non-ortho nitro benzene ring substituents is 1.